The number of carbonyl (C=O) groups excluding carboxylic acids is 1. The number of rotatable bonds is 8. The van der Waals surface area contributed by atoms with Gasteiger partial charge in [0.1, 0.15) is 11.4 Å². The summed E-state index contributed by atoms with van der Waals surface area (Å²) in [4.78, 5) is 15.2. The molecule has 0 fully saturated rings. The second-order valence-corrected chi connectivity index (χ2v) is 7.71. The third-order valence-electron chi connectivity index (χ3n) is 5.60. The molecule has 0 atom stereocenters. The lowest BCUT2D eigenvalue weighted by molar-refractivity contribution is 0.0993. The van der Waals surface area contributed by atoms with Crippen LogP contribution < -0.4 is 19.1 Å². The summed E-state index contributed by atoms with van der Waals surface area (Å²) in [6.07, 6.45) is 1.80. The molecule has 7 heteroatoms. The number of methoxy groups -OCH3 is 3. The Labute approximate surface area is 199 Å². The minimum atomic E-state index is -0.183. The Hall–Kier alpha value is -4.26. The molecule has 3 aromatic carbocycles. The molecule has 0 bridgehead atoms. The quantitative estimate of drug-likeness (QED) is 0.377. The largest absolute Gasteiger partial charge is 0.497 e. The molecular weight excluding hydrogens is 430 g/mol. The first-order valence-electron chi connectivity index (χ1n) is 10.8. The summed E-state index contributed by atoms with van der Waals surface area (Å²) in [6, 6.07) is 22.9. The van der Waals surface area contributed by atoms with Crippen LogP contribution in [-0.2, 0) is 6.54 Å². The van der Waals surface area contributed by atoms with Gasteiger partial charge in [0.2, 0.25) is 0 Å². The standard InChI is InChI=1S/C27H27N3O4/c1-29(21-12-15-24(33-3)25(16-21)34-4)27(31)23-18-30(17-19-8-6-5-7-9-19)28-26(23)20-10-13-22(32-2)14-11-20/h5-16,18H,17H2,1-4H3. The third-order valence-corrected chi connectivity index (χ3v) is 5.60. The highest BCUT2D eigenvalue weighted by Crippen LogP contribution is 2.33. The molecule has 0 aliphatic carbocycles. The van der Waals surface area contributed by atoms with Crippen LogP contribution in [0.25, 0.3) is 11.3 Å². The van der Waals surface area contributed by atoms with Crippen LogP contribution in [0.1, 0.15) is 15.9 Å². The van der Waals surface area contributed by atoms with E-state index in [4.69, 9.17) is 19.3 Å². The van der Waals surface area contributed by atoms with E-state index in [1.807, 2.05) is 60.7 Å². The van der Waals surface area contributed by atoms with Crippen LogP contribution in [0.3, 0.4) is 0 Å². The van der Waals surface area contributed by atoms with Crippen molar-refractivity contribution in [3.63, 3.8) is 0 Å². The molecule has 4 aromatic rings. The lowest BCUT2D eigenvalue weighted by Crippen LogP contribution is -2.26. The summed E-state index contributed by atoms with van der Waals surface area (Å²) < 4.78 is 17.8. The van der Waals surface area contributed by atoms with Crippen molar-refractivity contribution < 1.29 is 19.0 Å². The van der Waals surface area contributed by atoms with Crippen molar-refractivity contribution in [2.24, 2.45) is 0 Å². The molecule has 0 saturated carbocycles. The average Bonchev–Trinajstić information content (AvgIpc) is 3.31. The van der Waals surface area contributed by atoms with Gasteiger partial charge in [0.15, 0.2) is 11.5 Å². The molecule has 1 amide bonds. The van der Waals surface area contributed by atoms with E-state index in [2.05, 4.69) is 0 Å². The fourth-order valence-electron chi connectivity index (χ4n) is 3.72. The topological polar surface area (TPSA) is 65.8 Å². The Morgan fingerprint density at radius 3 is 2.24 bits per heavy atom. The molecule has 174 valence electrons. The van der Waals surface area contributed by atoms with Crippen LogP contribution in [0.4, 0.5) is 5.69 Å². The molecule has 34 heavy (non-hydrogen) atoms. The highest BCUT2D eigenvalue weighted by atomic mass is 16.5. The second kappa shape index (κ2) is 10.1. The summed E-state index contributed by atoms with van der Waals surface area (Å²) >= 11 is 0. The zero-order valence-electron chi connectivity index (χ0n) is 19.7. The second-order valence-electron chi connectivity index (χ2n) is 7.71. The number of nitrogens with zero attached hydrogens (tertiary/aromatic N) is 3. The molecule has 4 rings (SSSR count). The predicted molar refractivity (Wildman–Crippen MR) is 132 cm³/mol. The first-order valence-corrected chi connectivity index (χ1v) is 10.8. The van der Waals surface area contributed by atoms with Gasteiger partial charge >= 0.3 is 0 Å². The fourth-order valence-corrected chi connectivity index (χ4v) is 3.72. The maximum absolute atomic E-state index is 13.7. The fraction of sp³-hybridized carbons (Fsp3) is 0.185. The number of benzene rings is 3. The molecule has 0 saturated heterocycles. The Bertz CT molecular complexity index is 1270. The van der Waals surface area contributed by atoms with Gasteiger partial charge < -0.3 is 19.1 Å². The Morgan fingerprint density at radius 2 is 1.59 bits per heavy atom. The third kappa shape index (κ3) is 4.73. The number of ether oxygens (including phenoxy) is 3. The Morgan fingerprint density at radius 1 is 0.882 bits per heavy atom. The van der Waals surface area contributed by atoms with Crippen LogP contribution >= 0.6 is 0 Å². The summed E-state index contributed by atoms with van der Waals surface area (Å²) in [5, 5.41) is 4.77. The van der Waals surface area contributed by atoms with Gasteiger partial charge in [-0.05, 0) is 42.0 Å². The number of hydrogen-bond acceptors (Lipinski definition) is 5. The monoisotopic (exact) mass is 457 g/mol. The van der Waals surface area contributed by atoms with Gasteiger partial charge in [-0.3, -0.25) is 9.48 Å². The molecule has 0 aliphatic rings. The zero-order chi connectivity index (χ0) is 24.1. The summed E-state index contributed by atoms with van der Waals surface area (Å²) in [5.74, 6) is 1.71. The molecule has 0 spiro atoms. The Kier molecular flexibility index (Phi) is 6.82. The van der Waals surface area contributed by atoms with Crippen molar-refractivity contribution >= 4 is 11.6 Å². The summed E-state index contributed by atoms with van der Waals surface area (Å²) in [7, 11) is 6.50. The predicted octanol–water partition coefficient (Wildman–Crippen LogP) is 4.90. The number of amides is 1. The van der Waals surface area contributed by atoms with Crippen molar-refractivity contribution in [2.75, 3.05) is 33.3 Å². The SMILES string of the molecule is COc1ccc(-c2nn(Cc3ccccc3)cc2C(=O)N(C)c2ccc(OC)c(OC)c2)cc1. The molecule has 0 aliphatic heterocycles. The van der Waals surface area contributed by atoms with Crippen molar-refractivity contribution in [1.82, 2.24) is 9.78 Å². The lowest BCUT2D eigenvalue weighted by Gasteiger charge is -2.19. The van der Waals surface area contributed by atoms with Gasteiger partial charge in [0.25, 0.3) is 5.91 Å². The van der Waals surface area contributed by atoms with Crippen molar-refractivity contribution in [3.05, 3.63) is 90.1 Å². The van der Waals surface area contributed by atoms with Crippen LogP contribution in [0, 0.1) is 0 Å². The first kappa shape index (κ1) is 22.9. The number of anilines is 1. The molecule has 1 aromatic heterocycles. The van der Waals surface area contributed by atoms with E-state index in [1.165, 1.54) is 0 Å². The molecule has 1 heterocycles. The van der Waals surface area contributed by atoms with E-state index in [0.717, 1.165) is 16.9 Å². The lowest BCUT2D eigenvalue weighted by atomic mass is 10.1. The molecule has 7 nitrogen and oxygen atoms in total. The minimum Gasteiger partial charge on any atom is -0.497 e. The van der Waals surface area contributed by atoms with Crippen molar-refractivity contribution in [2.45, 2.75) is 6.54 Å². The van der Waals surface area contributed by atoms with E-state index >= 15 is 0 Å². The first-order chi connectivity index (χ1) is 16.5. The number of carbonyl (C=O) groups is 1. The molecule has 0 unspecified atom stereocenters. The van der Waals surface area contributed by atoms with Gasteiger partial charge in [-0.25, -0.2) is 0 Å². The highest BCUT2D eigenvalue weighted by molar-refractivity contribution is 6.09. The minimum absolute atomic E-state index is 0.183. The van der Waals surface area contributed by atoms with Crippen LogP contribution in [0.15, 0.2) is 79.0 Å². The Balaban J connectivity index is 1.72. The molecule has 0 radical (unpaired) electrons. The van der Waals surface area contributed by atoms with E-state index < -0.39 is 0 Å². The van der Waals surface area contributed by atoms with E-state index in [1.54, 1.807) is 56.3 Å². The van der Waals surface area contributed by atoms with Crippen molar-refractivity contribution in [3.8, 4) is 28.5 Å². The van der Waals surface area contributed by atoms with Crippen molar-refractivity contribution in [1.29, 1.82) is 0 Å². The maximum atomic E-state index is 13.7. The normalized spacial score (nSPS) is 10.6. The average molecular weight is 458 g/mol. The number of hydrogen-bond donors (Lipinski definition) is 0. The molecular formula is C27H27N3O4. The zero-order valence-corrected chi connectivity index (χ0v) is 19.7. The van der Waals surface area contributed by atoms with Gasteiger partial charge in [0, 0.05) is 30.6 Å². The van der Waals surface area contributed by atoms with Gasteiger partial charge in [-0.2, -0.15) is 5.10 Å². The van der Waals surface area contributed by atoms with Gasteiger partial charge in [0.05, 0.1) is 33.4 Å². The molecule has 0 N–H and O–H groups in total. The van der Waals surface area contributed by atoms with E-state index in [9.17, 15) is 4.79 Å². The van der Waals surface area contributed by atoms with E-state index in [0.29, 0.717) is 35.0 Å². The van der Waals surface area contributed by atoms with Gasteiger partial charge in [-0.15, -0.1) is 0 Å². The smallest absolute Gasteiger partial charge is 0.261 e. The maximum Gasteiger partial charge on any atom is 0.261 e. The van der Waals surface area contributed by atoms with Crippen LogP contribution in [0.5, 0.6) is 17.2 Å². The van der Waals surface area contributed by atoms with Crippen LogP contribution in [0.2, 0.25) is 0 Å². The van der Waals surface area contributed by atoms with Crippen LogP contribution in [-0.4, -0.2) is 44.1 Å². The van der Waals surface area contributed by atoms with Gasteiger partial charge in [-0.1, -0.05) is 30.3 Å². The van der Waals surface area contributed by atoms with E-state index in [-0.39, 0.29) is 5.91 Å². The highest BCUT2D eigenvalue weighted by Gasteiger charge is 2.23. The summed E-state index contributed by atoms with van der Waals surface area (Å²) in [6.45, 7) is 0.553. The number of aromatic nitrogens is 2. The summed E-state index contributed by atoms with van der Waals surface area (Å²) in [5.41, 5.74) is 3.71.